The first kappa shape index (κ1) is 17.8. The van der Waals surface area contributed by atoms with E-state index in [1.54, 1.807) is 13.2 Å². The summed E-state index contributed by atoms with van der Waals surface area (Å²) in [5.41, 5.74) is 1.95. The van der Waals surface area contributed by atoms with E-state index in [9.17, 15) is 4.91 Å². The van der Waals surface area contributed by atoms with Crippen LogP contribution in [0.25, 0.3) is 0 Å². The highest BCUT2D eigenvalue weighted by Crippen LogP contribution is 2.28. The number of anilines is 3. The minimum atomic E-state index is 0.194. The monoisotopic (exact) mass is 361 g/mol. The van der Waals surface area contributed by atoms with Crippen LogP contribution in [0.5, 0.6) is 5.75 Å². The van der Waals surface area contributed by atoms with Crippen molar-refractivity contribution in [1.82, 2.24) is 15.0 Å². The number of aromatic nitrogens is 3. The molecule has 0 unspecified atom stereocenters. The second-order valence-corrected chi connectivity index (χ2v) is 5.40. The minimum absolute atomic E-state index is 0.194. The molecular weight excluding hydrogens is 346 g/mol. The zero-order valence-electron chi connectivity index (χ0n) is 14.4. The first-order valence-electron chi connectivity index (χ1n) is 7.91. The molecule has 2 N–H and O–H groups in total. The highest BCUT2D eigenvalue weighted by molar-refractivity contribution is 5.69. The molecule has 0 atom stereocenters. The van der Waals surface area contributed by atoms with Gasteiger partial charge in [0.1, 0.15) is 29.1 Å². The van der Waals surface area contributed by atoms with Gasteiger partial charge in [-0.3, -0.25) is 0 Å². The van der Waals surface area contributed by atoms with Gasteiger partial charge in [-0.2, -0.15) is 5.26 Å². The van der Waals surface area contributed by atoms with Gasteiger partial charge in [0.2, 0.25) is 0 Å². The number of hydrogen-bond donors (Lipinski definition) is 2. The molecule has 3 rings (SSSR count). The first-order chi connectivity index (χ1) is 13.2. The normalized spacial score (nSPS) is 9.93. The Hall–Kier alpha value is -4.06. The Morgan fingerprint density at radius 1 is 1.11 bits per heavy atom. The fourth-order valence-corrected chi connectivity index (χ4v) is 2.25. The highest BCUT2D eigenvalue weighted by atomic mass is 16.5. The van der Waals surface area contributed by atoms with Crippen LogP contribution in [0, 0.1) is 16.2 Å². The molecule has 0 aliphatic heterocycles. The number of nitrogens with zero attached hydrogens (tertiary/aromatic N) is 5. The maximum atomic E-state index is 11.0. The van der Waals surface area contributed by atoms with E-state index in [2.05, 4.69) is 30.8 Å². The lowest BCUT2D eigenvalue weighted by molar-refractivity contribution is 0.414. The SMILES string of the molecule is COc1ccc(CNc2cc(Nc3cnc(C#N)cn3)ncc2N=O)cc1. The predicted octanol–water partition coefficient (Wildman–Crippen LogP) is 3.51. The van der Waals surface area contributed by atoms with Gasteiger partial charge in [0.25, 0.3) is 0 Å². The van der Waals surface area contributed by atoms with Gasteiger partial charge in [-0.05, 0) is 22.9 Å². The number of hydrogen-bond acceptors (Lipinski definition) is 9. The second kappa shape index (κ2) is 8.35. The summed E-state index contributed by atoms with van der Waals surface area (Å²) in [6.45, 7) is 0.493. The number of nitroso groups, excluding NO2 is 1. The maximum absolute atomic E-state index is 11.0. The van der Waals surface area contributed by atoms with E-state index in [0.717, 1.165) is 11.3 Å². The summed E-state index contributed by atoms with van der Waals surface area (Å²) in [4.78, 5) is 23.2. The number of nitriles is 1. The fourth-order valence-electron chi connectivity index (χ4n) is 2.25. The van der Waals surface area contributed by atoms with Crippen molar-refractivity contribution in [2.45, 2.75) is 6.54 Å². The van der Waals surface area contributed by atoms with Crippen LogP contribution < -0.4 is 15.4 Å². The van der Waals surface area contributed by atoms with Crippen molar-refractivity contribution in [3.05, 3.63) is 65.1 Å². The molecule has 9 nitrogen and oxygen atoms in total. The Kier molecular flexibility index (Phi) is 5.49. The summed E-state index contributed by atoms with van der Waals surface area (Å²) in [5.74, 6) is 1.65. The van der Waals surface area contributed by atoms with Crippen molar-refractivity contribution < 1.29 is 4.74 Å². The zero-order chi connectivity index (χ0) is 19.1. The largest absolute Gasteiger partial charge is 0.497 e. The summed E-state index contributed by atoms with van der Waals surface area (Å²) in [6, 6.07) is 11.1. The smallest absolute Gasteiger partial charge is 0.158 e. The number of ether oxygens (including phenoxy) is 1. The van der Waals surface area contributed by atoms with Crippen LogP contribution in [-0.2, 0) is 6.54 Å². The number of nitrogens with one attached hydrogen (secondary N) is 2. The molecule has 0 bridgehead atoms. The molecule has 0 aliphatic carbocycles. The van der Waals surface area contributed by atoms with Crippen molar-refractivity contribution in [1.29, 1.82) is 5.26 Å². The van der Waals surface area contributed by atoms with Gasteiger partial charge in [-0.15, -0.1) is 4.91 Å². The van der Waals surface area contributed by atoms with Crippen LogP contribution >= 0.6 is 0 Å². The standard InChI is InChI=1S/C18H15N7O2/c1-27-14-4-2-12(3-5-14)8-21-15-6-17(23-10-16(15)25-26)24-18-11-20-13(7-19)9-22-18/h2-6,9-11H,8H2,1H3,(H2,21,22,23,24). The molecule has 9 heteroatoms. The molecule has 0 spiro atoms. The number of methoxy groups -OCH3 is 1. The Bertz CT molecular complexity index is 966. The van der Waals surface area contributed by atoms with Crippen molar-refractivity contribution in [3.63, 3.8) is 0 Å². The first-order valence-corrected chi connectivity index (χ1v) is 7.91. The minimum Gasteiger partial charge on any atom is -0.497 e. The van der Waals surface area contributed by atoms with E-state index >= 15 is 0 Å². The maximum Gasteiger partial charge on any atom is 0.158 e. The summed E-state index contributed by atoms with van der Waals surface area (Å²) < 4.78 is 5.13. The predicted molar refractivity (Wildman–Crippen MR) is 100 cm³/mol. The summed E-state index contributed by atoms with van der Waals surface area (Å²) in [6.07, 6.45) is 4.14. The lowest BCUT2D eigenvalue weighted by atomic mass is 10.2. The average molecular weight is 361 g/mol. The van der Waals surface area contributed by atoms with Gasteiger partial charge in [-0.1, -0.05) is 12.1 Å². The molecule has 0 saturated carbocycles. The molecule has 0 saturated heterocycles. The molecule has 0 radical (unpaired) electrons. The van der Waals surface area contributed by atoms with E-state index in [-0.39, 0.29) is 11.4 Å². The Morgan fingerprint density at radius 2 is 1.89 bits per heavy atom. The van der Waals surface area contributed by atoms with Gasteiger partial charge >= 0.3 is 0 Å². The summed E-state index contributed by atoms with van der Waals surface area (Å²) >= 11 is 0. The van der Waals surface area contributed by atoms with E-state index in [1.807, 2.05) is 30.3 Å². The van der Waals surface area contributed by atoms with Crippen LogP contribution in [0.1, 0.15) is 11.3 Å². The van der Waals surface area contributed by atoms with E-state index in [0.29, 0.717) is 23.9 Å². The second-order valence-electron chi connectivity index (χ2n) is 5.40. The van der Waals surface area contributed by atoms with Crippen LogP contribution in [0.2, 0.25) is 0 Å². The lowest BCUT2D eigenvalue weighted by Gasteiger charge is -2.11. The van der Waals surface area contributed by atoms with Crippen molar-refractivity contribution in [2.24, 2.45) is 5.18 Å². The van der Waals surface area contributed by atoms with Gasteiger partial charge in [-0.25, -0.2) is 15.0 Å². The van der Waals surface area contributed by atoms with E-state index in [4.69, 9.17) is 10.00 Å². The average Bonchev–Trinajstić information content (AvgIpc) is 2.73. The van der Waals surface area contributed by atoms with Crippen molar-refractivity contribution in [2.75, 3.05) is 17.7 Å². The quantitative estimate of drug-likeness (QED) is 0.612. The molecule has 2 heterocycles. The Balaban J connectivity index is 1.74. The van der Waals surface area contributed by atoms with E-state index in [1.165, 1.54) is 18.6 Å². The van der Waals surface area contributed by atoms with Gasteiger partial charge in [0.05, 0.1) is 31.4 Å². The fraction of sp³-hybridized carbons (Fsp3) is 0.111. The molecular formula is C18H15N7O2. The molecule has 0 amide bonds. The Morgan fingerprint density at radius 3 is 2.52 bits per heavy atom. The molecule has 1 aromatic carbocycles. The van der Waals surface area contributed by atoms with E-state index < -0.39 is 0 Å². The third kappa shape index (κ3) is 4.52. The molecule has 27 heavy (non-hydrogen) atoms. The van der Waals surface area contributed by atoms with Gasteiger partial charge in [0.15, 0.2) is 5.69 Å². The Labute approximate surface area is 155 Å². The molecule has 0 aliphatic rings. The van der Waals surface area contributed by atoms with Gasteiger partial charge in [0, 0.05) is 12.6 Å². The summed E-state index contributed by atoms with van der Waals surface area (Å²) in [5, 5.41) is 17.9. The lowest BCUT2D eigenvalue weighted by Crippen LogP contribution is -2.02. The third-order valence-electron chi connectivity index (χ3n) is 3.65. The van der Waals surface area contributed by atoms with Crippen molar-refractivity contribution in [3.8, 4) is 11.8 Å². The summed E-state index contributed by atoms with van der Waals surface area (Å²) in [7, 11) is 1.61. The van der Waals surface area contributed by atoms with Crippen LogP contribution in [0.15, 0.2) is 54.1 Å². The van der Waals surface area contributed by atoms with Crippen LogP contribution in [-0.4, -0.2) is 22.1 Å². The van der Waals surface area contributed by atoms with Crippen molar-refractivity contribution >= 4 is 23.0 Å². The molecule has 134 valence electrons. The third-order valence-corrected chi connectivity index (χ3v) is 3.65. The highest BCUT2D eigenvalue weighted by Gasteiger charge is 2.07. The van der Waals surface area contributed by atoms with Crippen LogP contribution in [0.4, 0.5) is 23.0 Å². The molecule has 3 aromatic rings. The number of rotatable bonds is 7. The molecule has 2 aromatic heterocycles. The molecule has 0 fully saturated rings. The van der Waals surface area contributed by atoms with Crippen LogP contribution in [0.3, 0.4) is 0 Å². The number of pyridine rings is 1. The topological polar surface area (TPSA) is 125 Å². The number of benzene rings is 1. The zero-order valence-corrected chi connectivity index (χ0v) is 14.4. The van der Waals surface area contributed by atoms with Gasteiger partial charge < -0.3 is 15.4 Å².